The van der Waals surface area contributed by atoms with Gasteiger partial charge in [-0.15, -0.1) is 0 Å². The summed E-state index contributed by atoms with van der Waals surface area (Å²) in [5.41, 5.74) is 6.66. The fourth-order valence-electron chi connectivity index (χ4n) is 0.961. The van der Waals surface area contributed by atoms with Gasteiger partial charge in [-0.25, -0.2) is 0 Å². The van der Waals surface area contributed by atoms with Crippen LogP contribution in [0, 0.1) is 4.91 Å². The summed E-state index contributed by atoms with van der Waals surface area (Å²) in [5, 5.41) is 14.0. The lowest BCUT2D eigenvalue weighted by molar-refractivity contribution is 0.318. The SMILES string of the molecule is NC(=NO)c1cccc(CN=O)c1. The van der Waals surface area contributed by atoms with E-state index in [4.69, 9.17) is 10.9 Å². The summed E-state index contributed by atoms with van der Waals surface area (Å²) in [6.45, 7) is 0.0898. The Hall–Kier alpha value is -1.91. The number of amidine groups is 1. The second kappa shape index (κ2) is 4.20. The Morgan fingerprint density at radius 2 is 2.31 bits per heavy atom. The summed E-state index contributed by atoms with van der Waals surface area (Å²) >= 11 is 0. The van der Waals surface area contributed by atoms with Gasteiger partial charge in [-0.1, -0.05) is 28.5 Å². The van der Waals surface area contributed by atoms with Crippen LogP contribution in [0.5, 0.6) is 0 Å². The summed E-state index contributed by atoms with van der Waals surface area (Å²) < 4.78 is 0. The van der Waals surface area contributed by atoms with Crippen molar-refractivity contribution in [2.45, 2.75) is 6.54 Å². The van der Waals surface area contributed by atoms with E-state index in [0.717, 1.165) is 5.56 Å². The number of benzene rings is 1. The van der Waals surface area contributed by atoms with Gasteiger partial charge in [-0.3, -0.25) is 0 Å². The molecule has 0 atom stereocenters. The van der Waals surface area contributed by atoms with Crippen LogP contribution in [0.1, 0.15) is 11.1 Å². The summed E-state index contributed by atoms with van der Waals surface area (Å²) in [5.74, 6) is 0.0211. The average molecular weight is 179 g/mol. The molecule has 68 valence electrons. The largest absolute Gasteiger partial charge is 0.409 e. The van der Waals surface area contributed by atoms with Crippen molar-refractivity contribution in [2.75, 3.05) is 0 Å². The van der Waals surface area contributed by atoms with Gasteiger partial charge in [0.2, 0.25) is 0 Å². The van der Waals surface area contributed by atoms with Gasteiger partial charge in [-0.05, 0) is 11.6 Å². The highest BCUT2D eigenvalue weighted by molar-refractivity contribution is 5.97. The number of nitrogens with two attached hydrogens (primary N) is 1. The number of rotatable bonds is 3. The van der Waals surface area contributed by atoms with E-state index < -0.39 is 0 Å². The van der Waals surface area contributed by atoms with Crippen molar-refractivity contribution in [2.24, 2.45) is 16.1 Å². The third kappa shape index (κ3) is 2.26. The molecule has 5 nitrogen and oxygen atoms in total. The third-order valence-electron chi connectivity index (χ3n) is 1.58. The van der Waals surface area contributed by atoms with Gasteiger partial charge in [0.15, 0.2) is 5.84 Å². The highest BCUT2D eigenvalue weighted by Crippen LogP contribution is 2.05. The molecule has 1 aromatic rings. The zero-order valence-electron chi connectivity index (χ0n) is 6.84. The molecular weight excluding hydrogens is 170 g/mol. The molecule has 0 unspecified atom stereocenters. The molecule has 1 aromatic carbocycles. The van der Waals surface area contributed by atoms with Crippen LogP contribution in [-0.2, 0) is 6.54 Å². The summed E-state index contributed by atoms with van der Waals surface area (Å²) in [7, 11) is 0. The Bertz CT molecular complexity index is 336. The van der Waals surface area contributed by atoms with E-state index in [0.29, 0.717) is 5.56 Å². The Morgan fingerprint density at radius 1 is 1.54 bits per heavy atom. The second-order valence-electron chi connectivity index (χ2n) is 2.47. The van der Waals surface area contributed by atoms with Crippen LogP contribution < -0.4 is 5.73 Å². The highest BCUT2D eigenvalue weighted by atomic mass is 16.4. The Balaban J connectivity index is 2.97. The van der Waals surface area contributed by atoms with E-state index >= 15 is 0 Å². The number of nitroso groups, excluding NO2 is 1. The lowest BCUT2D eigenvalue weighted by atomic mass is 10.1. The van der Waals surface area contributed by atoms with Gasteiger partial charge in [0, 0.05) is 5.56 Å². The van der Waals surface area contributed by atoms with Crippen molar-refractivity contribution < 1.29 is 5.21 Å². The Kier molecular flexibility index (Phi) is 2.97. The number of oxime groups is 1. The maximum absolute atomic E-state index is 9.96. The normalized spacial score (nSPS) is 11.2. The molecule has 0 saturated carbocycles. The van der Waals surface area contributed by atoms with Crippen LogP contribution in [-0.4, -0.2) is 11.0 Å². The Morgan fingerprint density at radius 3 is 2.92 bits per heavy atom. The van der Waals surface area contributed by atoms with E-state index in [9.17, 15) is 4.91 Å². The third-order valence-corrected chi connectivity index (χ3v) is 1.58. The van der Waals surface area contributed by atoms with E-state index in [-0.39, 0.29) is 12.4 Å². The van der Waals surface area contributed by atoms with E-state index in [1.807, 2.05) is 0 Å². The first-order valence-electron chi connectivity index (χ1n) is 3.64. The van der Waals surface area contributed by atoms with Crippen LogP contribution in [0.3, 0.4) is 0 Å². The average Bonchev–Trinajstić information content (AvgIpc) is 2.18. The molecule has 0 fully saturated rings. The summed E-state index contributed by atoms with van der Waals surface area (Å²) in [4.78, 5) is 9.96. The van der Waals surface area contributed by atoms with Gasteiger partial charge in [0.1, 0.15) is 6.54 Å². The van der Waals surface area contributed by atoms with Crippen LogP contribution in [0.15, 0.2) is 34.6 Å². The Labute approximate surface area is 74.8 Å². The summed E-state index contributed by atoms with van der Waals surface area (Å²) in [6.07, 6.45) is 0. The van der Waals surface area contributed by atoms with Gasteiger partial charge in [0.25, 0.3) is 0 Å². The van der Waals surface area contributed by atoms with Crippen molar-refractivity contribution in [3.8, 4) is 0 Å². The minimum absolute atomic E-state index is 0.0211. The van der Waals surface area contributed by atoms with Gasteiger partial charge < -0.3 is 10.9 Å². The standard InChI is InChI=1S/C8H9N3O2/c9-8(11-13)7-3-1-2-6(4-7)5-10-12/h1-4,13H,5H2,(H2,9,11). The first-order chi connectivity index (χ1) is 6.27. The van der Waals surface area contributed by atoms with Crippen molar-refractivity contribution in [3.63, 3.8) is 0 Å². The molecule has 0 spiro atoms. The zero-order chi connectivity index (χ0) is 9.68. The molecule has 0 aliphatic rings. The highest BCUT2D eigenvalue weighted by Gasteiger charge is 1.99. The first-order valence-corrected chi connectivity index (χ1v) is 3.64. The molecule has 0 amide bonds. The van der Waals surface area contributed by atoms with Crippen LogP contribution in [0.4, 0.5) is 0 Å². The van der Waals surface area contributed by atoms with Crippen LogP contribution >= 0.6 is 0 Å². The molecule has 5 heteroatoms. The second-order valence-corrected chi connectivity index (χ2v) is 2.47. The fourth-order valence-corrected chi connectivity index (χ4v) is 0.961. The molecule has 0 radical (unpaired) electrons. The molecule has 3 N–H and O–H groups in total. The number of hydrogen-bond donors (Lipinski definition) is 2. The number of nitrogens with zero attached hydrogens (tertiary/aromatic N) is 2. The van der Waals surface area contributed by atoms with Gasteiger partial charge >= 0.3 is 0 Å². The minimum Gasteiger partial charge on any atom is -0.409 e. The van der Waals surface area contributed by atoms with Crippen molar-refractivity contribution in [1.82, 2.24) is 0 Å². The van der Waals surface area contributed by atoms with E-state index in [1.165, 1.54) is 0 Å². The van der Waals surface area contributed by atoms with Crippen LogP contribution in [0.2, 0.25) is 0 Å². The van der Waals surface area contributed by atoms with Gasteiger partial charge in [0.05, 0.1) is 0 Å². The van der Waals surface area contributed by atoms with Crippen molar-refractivity contribution >= 4 is 5.84 Å². The summed E-state index contributed by atoms with van der Waals surface area (Å²) in [6, 6.07) is 6.79. The molecule has 13 heavy (non-hydrogen) atoms. The smallest absolute Gasteiger partial charge is 0.170 e. The predicted octanol–water partition coefficient (Wildman–Crippen LogP) is 1.05. The van der Waals surface area contributed by atoms with Crippen molar-refractivity contribution in [1.29, 1.82) is 0 Å². The molecule has 0 aliphatic heterocycles. The van der Waals surface area contributed by atoms with E-state index in [2.05, 4.69) is 10.3 Å². The maximum atomic E-state index is 9.96. The molecule has 0 aliphatic carbocycles. The topological polar surface area (TPSA) is 88.0 Å². The molecule has 0 aromatic heterocycles. The molecule has 0 heterocycles. The molecular formula is C8H9N3O2. The number of hydrogen-bond acceptors (Lipinski definition) is 4. The molecule has 1 rings (SSSR count). The zero-order valence-corrected chi connectivity index (χ0v) is 6.84. The van der Waals surface area contributed by atoms with Gasteiger partial charge in [-0.2, -0.15) is 4.91 Å². The van der Waals surface area contributed by atoms with Crippen molar-refractivity contribution in [3.05, 3.63) is 40.3 Å². The first kappa shape index (κ1) is 9.18. The lowest BCUT2D eigenvalue weighted by Gasteiger charge is -1.99. The maximum Gasteiger partial charge on any atom is 0.170 e. The lowest BCUT2D eigenvalue weighted by Crippen LogP contribution is -2.13. The monoisotopic (exact) mass is 179 g/mol. The predicted molar refractivity (Wildman–Crippen MR) is 48.5 cm³/mol. The molecule has 0 bridgehead atoms. The fraction of sp³-hybridized carbons (Fsp3) is 0.125. The quantitative estimate of drug-likeness (QED) is 0.239. The minimum atomic E-state index is 0.0211. The molecule has 0 saturated heterocycles. The van der Waals surface area contributed by atoms with E-state index in [1.54, 1.807) is 24.3 Å². The van der Waals surface area contributed by atoms with Crippen LogP contribution in [0.25, 0.3) is 0 Å².